The van der Waals surface area contributed by atoms with Crippen molar-refractivity contribution in [3.63, 3.8) is 0 Å². The molecule has 0 radical (unpaired) electrons. The predicted octanol–water partition coefficient (Wildman–Crippen LogP) is 2.84. The number of halogens is 4. The van der Waals surface area contributed by atoms with Crippen LogP contribution in [0.25, 0.3) is 0 Å². The SMILES string of the molecule is CCCN(CC(=O)O)S(=O)(=O)c1ccc(Cl)c(C(F)(F)F)c1. The number of sulfonamides is 1. The number of hydrogen-bond acceptors (Lipinski definition) is 3. The van der Waals surface area contributed by atoms with Crippen molar-refractivity contribution in [2.75, 3.05) is 13.1 Å². The summed E-state index contributed by atoms with van der Waals surface area (Å²) < 4.78 is 63.6. The van der Waals surface area contributed by atoms with E-state index in [9.17, 15) is 26.4 Å². The minimum Gasteiger partial charge on any atom is -0.480 e. The van der Waals surface area contributed by atoms with Crippen LogP contribution in [-0.2, 0) is 21.0 Å². The van der Waals surface area contributed by atoms with Gasteiger partial charge in [-0.15, -0.1) is 0 Å². The Morgan fingerprint density at radius 2 is 1.95 bits per heavy atom. The Morgan fingerprint density at radius 1 is 1.36 bits per heavy atom. The van der Waals surface area contributed by atoms with E-state index in [1.54, 1.807) is 6.92 Å². The molecule has 0 atom stereocenters. The highest BCUT2D eigenvalue weighted by atomic mass is 35.5. The number of aliphatic carboxylic acids is 1. The molecule has 1 N–H and O–H groups in total. The molecule has 10 heteroatoms. The molecule has 0 aliphatic rings. The molecule has 0 heterocycles. The highest BCUT2D eigenvalue weighted by molar-refractivity contribution is 7.89. The van der Waals surface area contributed by atoms with Gasteiger partial charge in [0.05, 0.1) is 15.5 Å². The van der Waals surface area contributed by atoms with Gasteiger partial charge < -0.3 is 5.11 Å². The van der Waals surface area contributed by atoms with Gasteiger partial charge in [0.1, 0.15) is 6.54 Å². The Hall–Kier alpha value is -1.32. The molecular weight excluding hydrogens is 347 g/mol. The van der Waals surface area contributed by atoms with E-state index in [-0.39, 0.29) is 6.54 Å². The van der Waals surface area contributed by atoms with Crippen LogP contribution in [0.15, 0.2) is 23.1 Å². The molecule has 0 saturated carbocycles. The first-order valence-electron chi connectivity index (χ1n) is 6.08. The number of nitrogens with zero attached hydrogens (tertiary/aromatic N) is 1. The Labute approximate surface area is 130 Å². The van der Waals surface area contributed by atoms with Gasteiger partial charge >= 0.3 is 12.1 Å². The van der Waals surface area contributed by atoms with Gasteiger partial charge in [-0.3, -0.25) is 4.79 Å². The zero-order chi connectivity index (χ0) is 17.1. The normalized spacial score (nSPS) is 12.6. The lowest BCUT2D eigenvalue weighted by molar-refractivity contribution is -0.138. The Kier molecular flexibility index (Phi) is 5.82. The summed E-state index contributed by atoms with van der Waals surface area (Å²) in [5.41, 5.74) is -1.29. The van der Waals surface area contributed by atoms with Crippen LogP contribution >= 0.6 is 11.6 Å². The zero-order valence-electron chi connectivity index (χ0n) is 11.4. The van der Waals surface area contributed by atoms with Crippen molar-refractivity contribution in [2.45, 2.75) is 24.4 Å². The van der Waals surface area contributed by atoms with E-state index in [1.807, 2.05) is 0 Å². The number of hydrogen-bond donors (Lipinski definition) is 1. The molecule has 1 aromatic rings. The minimum absolute atomic E-state index is 0.126. The summed E-state index contributed by atoms with van der Waals surface area (Å²) >= 11 is 5.43. The van der Waals surface area contributed by atoms with Gasteiger partial charge in [-0.1, -0.05) is 18.5 Å². The highest BCUT2D eigenvalue weighted by Crippen LogP contribution is 2.36. The van der Waals surface area contributed by atoms with Gasteiger partial charge in [-0.25, -0.2) is 8.42 Å². The van der Waals surface area contributed by atoms with Crippen LogP contribution in [0.5, 0.6) is 0 Å². The average Bonchev–Trinajstić information content (AvgIpc) is 2.36. The van der Waals surface area contributed by atoms with Crippen molar-refractivity contribution in [3.05, 3.63) is 28.8 Å². The van der Waals surface area contributed by atoms with Crippen LogP contribution in [0.3, 0.4) is 0 Å². The van der Waals surface area contributed by atoms with Gasteiger partial charge in [0, 0.05) is 6.54 Å². The van der Waals surface area contributed by atoms with Crippen LogP contribution in [0, 0.1) is 0 Å². The molecule has 1 rings (SSSR count). The summed E-state index contributed by atoms with van der Waals surface area (Å²) in [4.78, 5) is 10.1. The van der Waals surface area contributed by atoms with Crippen LogP contribution in [-0.4, -0.2) is 36.9 Å². The molecular formula is C12H13ClF3NO4S. The largest absolute Gasteiger partial charge is 0.480 e. The maximum atomic E-state index is 12.8. The summed E-state index contributed by atoms with van der Waals surface area (Å²) in [6.45, 7) is 0.659. The lowest BCUT2D eigenvalue weighted by atomic mass is 10.2. The van der Waals surface area contributed by atoms with Crippen molar-refractivity contribution >= 4 is 27.6 Å². The molecule has 1 aromatic carbocycles. The van der Waals surface area contributed by atoms with Crippen molar-refractivity contribution in [2.24, 2.45) is 0 Å². The summed E-state index contributed by atoms with van der Waals surface area (Å²) in [5.74, 6) is -1.40. The van der Waals surface area contributed by atoms with Gasteiger partial charge in [-0.05, 0) is 24.6 Å². The van der Waals surface area contributed by atoms with E-state index in [2.05, 4.69) is 0 Å². The minimum atomic E-state index is -4.81. The average molecular weight is 360 g/mol. The summed E-state index contributed by atoms with van der Waals surface area (Å²) in [6.07, 6.45) is -4.50. The molecule has 0 aliphatic carbocycles. The van der Waals surface area contributed by atoms with Crippen LogP contribution < -0.4 is 0 Å². The summed E-state index contributed by atoms with van der Waals surface area (Å²) in [5, 5.41) is 8.11. The molecule has 0 aliphatic heterocycles. The fourth-order valence-electron chi connectivity index (χ4n) is 1.72. The lowest BCUT2D eigenvalue weighted by Crippen LogP contribution is -2.36. The van der Waals surface area contributed by atoms with Crippen molar-refractivity contribution < 1.29 is 31.5 Å². The number of carboxylic acids is 1. The molecule has 0 amide bonds. The van der Waals surface area contributed by atoms with Gasteiger partial charge in [-0.2, -0.15) is 17.5 Å². The molecule has 0 fully saturated rings. The van der Waals surface area contributed by atoms with Gasteiger partial charge in [0.15, 0.2) is 0 Å². The molecule has 0 bridgehead atoms. The molecule has 5 nitrogen and oxygen atoms in total. The third-order valence-electron chi connectivity index (χ3n) is 2.67. The van der Waals surface area contributed by atoms with E-state index in [0.717, 1.165) is 12.1 Å². The molecule has 0 saturated heterocycles. The first kappa shape index (κ1) is 18.7. The maximum absolute atomic E-state index is 12.8. The number of alkyl halides is 3. The fraction of sp³-hybridized carbons (Fsp3) is 0.417. The van der Waals surface area contributed by atoms with E-state index in [0.29, 0.717) is 16.8 Å². The van der Waals surface area contributed by atoms with Gasteiger partial charge in [0.2, 0.25) is 10.0 Å². The van der Waals surface area contributed by atoms with Gasteiger partial charge in [0.25, 0.3) is 0 Å². The fourth-order valence-corrected chi connectivity index (χ4v) is 3.45. The van der Waals surface area contributed by atoms with Crippen LogP contribution in [0.1, 0.15) is 18.9 Å². The number of carbonyl (C=O) groups is 1. The quantitative estimate of drug-likeness (QED) is 0.847. The third-order valence-corrected chi connectivity index (χ3v) is 4.84. The lowest BCUT2D eigenvalue weighted by Gasteiger charge is -2.20. The Bertz CT molecular complexity index is 661. The molecule has 0 spiro atoms. The Balaban J connectivity index is 3.35. The number of rotatable bonds is 6. The number of carboxylic acid groups (broad SMARTS) is 1. The van der Waals surface area contributed by atoms with Crippen molar-refractivity contribution in [1.29, 1.82) is 0 Å². The topological polar surface area (TPSA) is 74.7 Å². The Morgan fingerprint density at radius 3 is 2.41 bits per heavy atom. The van der Waals surface area contributed by atoms with E-state index < -0.39 is 44.2 Å². The van der Waals surface area contributed by atoms with Crippen LogP contribution in [0.4, 0.5) is 13.2 Å². The second kappa shape index (κ2) is 6.84. The first-order chi connectivity index (χ1) is 10.00. The summed E-state index contributed by atoms with van der Waals surface area (Å²) in [7, 11) is -4.36. The van der Waals surface area contributed by atoms with Crippen molar-refractivity contribution in [3.8, 4) is 0 Å². The molecule has 124 valence electrons. The van der Waals surface area contributed by atoms with Crippen LogP contribution in [0.2, 0.25) is 5.02 Å². The van der Waals surface area contributed by atoms with E-state index in [1.165, 1.54) is 0 Å². The molecule has 22 heavy (non-hydrogen) atoms. The predicted molar refractivity (Wildman–Crippen MR) is 73.1 cm³/mol. The first-order valence-corrected chi connectivity index (χ1v) is 7.90. The highest BCUT2D eigenvalue weighted by Gasteiger charge is 2.35. The summed E-state index contributed by atoms with van der Waals surface area (Å²) in [6, 6.07) is 2.14. The smallest absolute Gasteiger partial charge is 0.417 e. The van der Waals surface area contributed by atoms with E-state index >= 15 is 0 Å². The second-order valence-corrected chi connectivity index (χ2v) is 6.72. The van der Waals surface area contributed by atoms with Crippen molar-refractivity contribution in [1.82, 2.24) is 4.31 Å². The second-order valence-electron chi connectivity index (χ2n) is 4.37. The standard InChI is InChI=1S/C12H13ClF3NO4S/c1-2-5-17(7-11(18)19)22(20,21)8-3-4-10(13)9(6-8)12(14,15)16/h3-4,6H,2,5,7H2,1H3,(H,18,19). The van der Waals surface area contributed by atoms with E-state index in [4.69, 9.17) is 16.7 Å². The molecule has 0 aromatic heterocycles. The maximum Gasteiger partial charge on any atom is 0.417 e. The molecule has 0 unspecified atom stereocenters. The number of benzene rings is 1. The monoisotopic (exact) mass is 359 g/mol. The third kappa shape index (κ3) is 4.34. The zero-order valence-corrected chi connectivity index (χ0v) is 13.0.